The van der Waals surface area contributed by atoms with E-state index in [1.807, 2.05) is 6.92 Å². The Kier molecular flexibility index (Phi) is 6.58. The van der Waals surface area contributed by atoms with E-state index in [9.17, 15) is 13.6 Å². The number of aryl methyl sites for hydroxylation is 1. The lowest BCUT2D eigenvalue weighted by atomic mass is 10.00. The Balaban J connectivity index is 2.69. The van der Waals surface area contributed by atoms with Crippen LogP contribution in [0.3, 0.4) is 0 Å². The van der Waals surface area contributed by atoms with Crippen LogP contribution in [0.2, 0.25) is 0 Å². The zero-order valence-electron chi connectivity index (χ0n) is 11.9. The van der Waals surface area contributed by atoms with Gasteiger partial charge >= 0.3 is 0 Å². The second-order valence-corrected chi connectivity index (χ2v) is 4.96. The molecular formula is C15H21F2NO2. The fraction of sp³-hybridized carbons (Fsp3) is 0.533. The van der Waals surface area contributed by atoms with Crippen molar-refractivity contribution >= 4 is 5.91 Å². The summed E-state index contributed by atoms with van der Waals surface area (Å²) < 4.78 is 27.0. The lowest BCUT2D eigenvalue weighted by Gasteiger charge is -2.16. The molecule has 5 heteroatoms. The highest BCUT2D eigenvalue weighted by Crippen LogP contribution is 2.15. The average molecular weight is 285 g/mol. The van der Waals surface area contributed by atoms with Gasteiger partial charge in [0.05, 0.1) is 5.56 Å². The van der Waals surface area contributed by atoms with Gasteiger partial charge < -0.3 is 10.4 Å². The number of carbonyl (C=O) groups is 1. The van der Waals surface area contributed by atoms with Crippen molar-refractivity contribution in [3.05, 3.63) is 34.9 Å². The molecule has 0 aliphatic carbocycles. The first-order valence-electron chi connectivity index (χ1n) is 6.84. The van der Waals surface area contributed by atoms with Crippen LogP contribution in [-0.2, 0) is 0 Å². The maximum absolute atomic E-state index is 13.6. The van der Waals surface area contributed by atoms with E-state index in [0.717, 1.165) is 25.0 Å². The van der Waals surface area contributed by atoms with E-state index in [-0.39, 0.29) is 23.7 Å². The summed E-state index contributed by atoms with van der Waals surface area (Å²) in [4.78, 5) is 11.9. The summed E-state index contributed by atoms with van der Waals surface area (Å²) >= 11 is 0. The van der Waals surface area contributed by atoms with Crippen LogP contribution in [0.5, 0.6) is 0 Å². The molecule has 0 spiro atoms. The predicted molar refractivity (Wildman–Crippen MR) is 73.5 cm³/mol. The molecule has 0 saturated carbocycles. The Morgan fingerprint density at radius 1 is 1.30 bits per heavy atom. The van der Waals surface area contributed by atoms with Crippen LogP contribution in [0.15, 0.2) is 12.1 Å². The summed E-state index contributed by atoms with van der Waals surface area (Å²) in [5.41, 5.74) is -0.115. The molecule has 0 aromatic heterocycles. The Morgan fingerprint density at radius 2 is 2.00 bits per heavy atom. The van der Waals surface area contributed by atoms with Gasteiger partial charge in [0.1, 0.15) is 11.6 Å². The molecule has 1 unspecified atom stereocenters. The van der Waals surface area contributed by atoms with E-state index >= 15 is 0 Å². The molecule has 0 fully saturated rings. The zero-order chi connectivity index (χ0) is 15.1. The Morgan fingerprint density at radius 3 is 2.60 bits per heavy atom. The van der Waals surface area contributed by atoms with Crippen LogP contribution in [-0.4, -0.2) is 24.2 Å². The molecule has 112 valence electrons. The normalized spacial score (nSPS) is 12.2. The van der Waals surface area contributed by atoms with Crippen molar-refractivity contribution in [3.63, 3.8) is 0 Å². The van der Waals surface area contributed by atoms with Gasteiger partial charge in [0, 0.05) is 13.2 Å². The molecule has 0 aliphatic rings. The number of carbonyl (C=O) groups excluding carboxylic acids is 1. The maximum atomic E-state index is 13.6. The molecule has 0 heterocycles. The highest BCUT2D eigenvalue weighted by Gasteiger charge is 2.16. The van der Waals surface area contributed by atoms with Gasteiger partial charge in [-0.2, -0.15) is 0 Å². The third kappa shape index (κ3) is 4.56. The minimum atomic E-state index is -0.726. The van der Waals surface area contributed by atoms with Gasteiger partial charge in [0.15, 0.2) is 0 Å². The first-order valence-corrected chi connectivity index (χ1v) is 6.84. The van der Waals surface area contributed by atoms with Crippen LogP contribution < -0.4 is 5.32 Å². The Labute approximate surface area is 118 Å². The monoisotopic (exact) mass is 285 g/mol. The molecule has 1 aromatic carbocycles. The van der Waals surface area contributed by atoms with Crippen LogP contribution in [0, 0.1) is 24.5 Å². The summed E-state index contributed by atoms with van der Waals surface area (Å²) in [6.45, 7) is 3.86. The second-order valence-electron chi connectivity index (χ2n) is 4.96. The van der Waals surface area contributed by atoms with E-state index in [0.29, 0.717) is 13.0 Å². The molecular weight excluding hydrogens is 264 g/mol. The number of rotatable bonds is 7. The van der Waals surface area contributed by atoms with Gasteiger partial charge in [0.2, 0.25) is 0 Å². The summed E-state index contributed by atoms with van der Waals surface area (Å²) in [7, 11) is 0. The van der Waals surface area contributed by atoms with Crippen molar-refractivity contribution in [3.8, 4) is 0 Å². The van der Waals surface area contributed by atoms with E-state index in [1.54, 1.807) is 0 Å². The van der Waals surface area contributed by atoms with Crippen molar-refractivity contribution < 1.29 is 18.7 Å². The summed E-state index contributed by atoms with van der Waals surface area (Å²) in [6.07, 6.45) is 2.39. The minimum Gasteiger partial charge on any atom is -0.396 e. The lowest BCUT2D eigenvalue weighted by Crippen LogP contribution is -2.30. The molecule has 1 rings (SSSR count). The number of halogens is 2. The smallest absolute Gasteiger partial charge is 0.254 e. The van der Waals surface area contributed by atoms with Gasteiger partial charge in [-0.15, -0.1) is 0 Å². The van der Waals surface area contributed by atoms with Gasteiger partial charge in [-0.3, -0.25) is 4.79 Å². The van der Waals surface area contributed by atoms with E-state index in [4.69, 9.17) is 5.11 Å². The molecule has 0 saturated heterocycles. The number of benzene rings is 1. The molecule has 1 aromatic rings. The molecule has 3 nitrogen and oxygen atoms in total. The van der Waals surface area contributed by atoms with Gasteiger partial charge in [-0.25, -0.2) is 8.78 Å². The standard InChI is InChI=1S/C15H21F2NO2/c1-3-4-11(5-6-19)9-18-15(20)12-8-13(16)10(2)7-14(12)17/h7-8,11,19H,3-6,9H2,1-2H3,(H,18,20). The van der Waals surface area contributed by atoms with Crippen molar-refractivity contribution in [2.24, 2.45) is 5.92 Å². The first kappa shape index (κ1) is 16.6. The number of hydrogen-bond acceptors (Lipinski definition) is 2. The molecule has 0 radical (unpaired) electrons. The largest absolute Gasteiger partial charge is 0.396 e. The number of amides is 1. The quantitative estimate of drug-likeness (QED) is 0.809. The third-order valence-electron chi connectivity index (χ3n) is 3.28. The van der Waals surface area contributed by atoms with E-state index in [2.05, 4.69) is 5.32 Å². The van der Waals surface area contributed by atoms with Crippen molar-refractivity contribution in [2.45, 2.75) is 33.1 Å². The molecule has 20 heavy (non-hydrogen) atoms. The van der Waals surface area contributed by atoms with Gasteiger partial charge in [0.25, 0.3) is 5.91 Å². The first-order chi connectivity index (χ1) is 9.49. The molecule has 0 aliphatic heterocycles. The van der Waals surface area contributed by atoms with E-state index in [1.165, 1.54) is 6.92 Å². The molecule has 0 bridgehead atoms. The van der Waals surface area contributed by atoms with Gasteiger partial charge in [-0.05, 0) is 43.4 Å². The van der Waals surface area contributed by atoms with Crippen LogP contribution >= 0.6 is 0 Å². The van der Waals surface area contributed by atoms with Crippen molar-refractivity contribution in [2.75, 3.05) is 13.2 Å². The van der Waals surface area contributed by atoms with Gasteiger partial charge in [-0.1, -0.05) is 13.3 Å². The minimum absolute atomic E-state index is 0.0497. The topological polar surface area (TPSA) is 49.3 Å². The number of aliphatic hydroxyl groups excluding tert-OH is 1. The van der Waals surface area contributed by atoms with Crippen LogP contribution in [0.1, 0.15) is 42.1 Å². The predicted octanol–water partition coefficient (Wildman–Crippen LogP) is 2.80. The average Bonchev–Trinajstić information content (AvgIpc) is 2.40. The summed E-state index contributed by atoms with van der Waals surface area (Å²) in [6, 6.07) is 1.93. The summed E-state index contributed by atoms with van der Waals surface area (Å²) in [5.74, 6) is -1.81. The third-order valence-corrected chi connectivity index (χ3v) is 3.28. The van der Waals surface area contributed by atoms with Crippen molar-refractivity contribution in [1.29, 1.82) is 0 Å². The Bertz CT molecular complexity index is 457. The summed E-state index contributed by atoms with van der Waals surface area (Å²) in [5, 5.41) is 11.5. The number of aliphatic hydroxyl groups is 1. The van der Waals surface area contributed by atoms with E-state index < -0.39 is 17.5 Å². The fourth-order valence-electron chi connectivity index (χ4n) is 2.09. The lowest BCUT2D eigenvalue weighted by molar-refractivity contribution is 0.0938. The highest BCUT2D eigenvalue weighted by molar-refractivity contribution is 5.94. The molecule has 1 amide bonds. The number of hydrogen-bond donors (Lipinski definition) is 2. The molecule has 2 N–H and O–H groups in total. The highest BCUT2D eigenvalue weighted by atomic mass is 19.1. The zero-order valence-corrected chi connectivity index (χ0v) is 11.9. The van der Waals surface area contributed by atoms with Crippen LogP contribution in [0.25, 0.3) is 0 Å². The maximum Gasteiger partial charge on any atom is 0.254 e. The molecule has 1 atom stereocenters. The van der Waals surface area contributed by atoms with Crippen LogP contribution in [0.4, 0.5) is 8.78 Å². The second kappa shape index (κ2) is 7.94. The Hall–Kier alpha value is -1.49. The fourth-order valence-corrected chi connectivity index (χ4v) is 2.09. The SMILES string of the molecule is CCCC(CCO)CNC(=O)c1cc(F)c(C)cc1F. The van der Waals surface area contributed by atoms with Crippen molar-refractivity contribution in [1.82, 2.24) is 5.32 Å². The number of nitrogens with one attached hydrogen (secondary N) is 1.